The Morgan fingerprint density at radius 2 is 2.12 bits per heavy atom. The highest BCUT2D eigenvalue weighted by atomic mass is 16.2. The molecule has 2 heterocycles. The molecule has 1 aliphatic rings. The Labute approximate surface area is 142 Å². The predicted octanol–water partition coefficient (Wildman–Crippen LogP) is 1.85. The van der Waals surface area contributed by atoms with Gasteiger partial charge in [-0.25, -0.2) is 0 Å². The molecule has 1 amide bonds. The van der Waals surface area contributed by atoms with E-state index < -0.39 is 0 Å². The molecular formula is C19H25N3O2. The number of fused-ring (bicyclic) bond motifs is 1. The summed E-state index contributed by atoms with van der Waals surface area (Å²) in [6.45, 7) is 3.27. The summed E-state index contributed by atoms with van der Waals surface area (Å²) in [4.78, 5) is 26.5. The van der Waals surface area contributed by atoms with Gasteiger partial charge in [-0.2, -0.15) is 0 Å². The largest absolute Gasteiger partial charge is 0.355 e. The van der Waals surface area contributed by atoms with Gasteiger partial charge in [0.15, 0.2) is 5.43 Å². The van der Waals surface area contributed by atoms with Crippen LogP contribution in [0.5, 0.6) is 0 Å². The quantitative estimate of drug-likeness (QED) is 0.912. The van der Waals surface area contributed by atoms with Crippen LogP contribution in [0.15, 0.2) is 41.3 Å². The number of nitrogens with one attached hydrogen (secondary N) is 1. The molecule has 1 aromatic heterocycles. The van der Waals surface area contributed by atoms with Crippen LogP contribution in [0.1, 0.15) is 19.3 Å². The molecule has 5 heteroatoms. The maximum atomic E-state index is 12.2. The fraction of sp³-hybridized carbons (Fsp3) is 0.474. The van der Waals surface area contributed by atoms with Crippen LogP contribution in [0.25, 0.3) is 10.9 Å². The Morgan fingerprint density at radius 1 is 1.29 bits per heavy atom. The van der Waals surface area contributed by atoms with Crippen LogP contribution in [0.3, 0.4) is 0 Å². The number of likely N-dealkylation sites (tertiary alicyclic amines) is 1. The molecule has 128 valence electrons. The van der Waals surface area contributed by atoms with Crippen molar-refractivity contribution in [3.05, 3.63) is 46.8 Å². The lowest BCUT2D eigenvalue weighted by Crippen LogP contribution is -2.35. The minimum absolute atomic E-state index is 0.00651. The Hall–Kier alpha value is -2.14. The van der Waals surface area contributed by atoms with E-state index in [4.69, 9.17) is 0 Å². The molecule has 0 radical (unpaired) electrons. The molecule has 1 aliphatic heterocycles. The Bertz CT molecular complexity index is 769. The minimum Gasteiger partial charge on any atom is -0.355 e. The average Bonchev–Trinajstić information content (AvgIpc) is 2.58. The molecule has 1 N–H and O–H groups in total. The number of rotatable bonds is 5. The van der Waals surface area contributed by atoms with Crippen molar-refractivity contribution in [2.75, 3.05) is 26.7 Å². The Morgan fingerprint density at radius 3 is 2.96 bits per heavy atom. The Balaban J connectivity index is 1.56. The van der Waals surface area contributed by atoms with Crippen LogP contribution in [-0.2, 0) is 11.3 Å². The van der Waals surface area contributed by atoms with E-state index in [1.165, 1.54) is 25.5 Å². The van der Waals surface area contributed by atoms with E-state index in [-0.39, 0.29) is 17.9 Å². The number of nitrogens with zero attached hydrogens (tertiary/aromatic N) is 2. The lowest BCUT2D eigenvalue weighted by atomic mass is 9.95. The van der Waals surface area contributed by atoms with Gasteiger partial charge < -0.3 is 14.8 Å². The van der Waals surface area contributed by atoms with Gasteiger partial charge in [-0.3, -0.25) is 9.59 Å². The standard InChI is InChI=1S/C19H25N3O2/c1-21-11-4-5-15(13-21)8-10-20-19(24)14-22-12-9-18(23)16-6-2-3-7-17(16)22/h2-3,6-7,9,12,15H,4-5,8,10-11,13-14H2,1H3,(H,20,24)/t15-/m0/s1. The highest BCUT2D eigenvalue weighted by molar-refractivity contribution is 5.82. The highest BCUT2D eigenvalue weighted by Gasteiger charge is 2.17. The fourth-order valence-corrected chi connectivity index (χ4v) is 3.53. The summed E-state index contributed by atoms with van der Waals surface area (Å²) in [5.41, 5.74) is 0.790. The molecule has 5 nitrogen and oxygen atoms in total. The van der Waals surface area contributed by atoms with Gasteiger partial charge in [0.25, 0.3) is 0 Å². The highest BCUT2D eigenvalue weighted by Crippen LogP contribution is 2.17. The maximum Gasteiger partial charge on any atom is 0.239 e. The van der Waals surface area contributed by atoms with Crippen LogP contribution >= 0.6 is 0 Å². The zero-order valence-electron chi connectivity index (χ0n) is 14.2. The number of carbonyl (C=O) groups is 1. The number of aromatic nitrogens is 1. The van der Waals surface area contributed by atoms with Gasteiger partial charge >= 0.3 is 0 Å². The summed E-state index contributed by atoms with van der Waals surface area (Å²) >= 11 is 0. The molecule has 1 fully saturated rings. The molecule has 1 saturated heterocycles. The van der Waals surface area contributed by atoms with Crippen molar-refractivity contribution in [1.29, 1.82) is 0 Å². The second-order valence-electron chi connectivity index (χ2n) is 6.73. The van der Waals surface area contributed by atoms with Gasteiger partial charge in [-0.05, 0) is 50.9 Å². The van der Waals surface area contributed by atoms with Crippen molar-refractivity contribution >= 4 is 16.8 Å². The predicted molar refractivity (Wildman–Crippen MR) is 96.1 cm³/mol. The van der Waals surface area contributed by atoms with Crippen molar-refractivity contribution in [3.63, 3.8) is 0 Å². The van der Waals surface area contributed by atoms with E-state index >= 15 is 0 Å². The van der Waals surface area contributed by atoms with Gasteiger partial charge in [0, 0.05) is 30.7 Å². The van der Waals surface area contributed by atoms with Crippen LogP contribution in [0.2, 0.25) is 0 Å². The summed E-state index contributed by atoms with van der Waals surface area (Å²) in [6, 6.07) is 8.92. The van der Waals surface area contributed by atoms with Crippen molar-refractivity contribution in [1.82, 2.24) is 14.8 Å². The SMILES string of the molecule is CN1CCC[C@@H](CCNC(=O)Cn2ccc(=O)c3ccccc32)C1. The molecule has 3 rings (SSSR count). The molecule has 0 aliphatic carbocycles. The van der Waals surface area contributed by atoms with Crippen molar-refractivity contribution in [2.24, 2.45) is 5.92 Å². The smallest absolute Gasteiger partial charge is 0.239 e. The van der Waals surface area contributed by atoms with Gasteiger partial charge in [-0.15, -0.1) is 0 Å². The minimum atomic E-state index is -0.0105. The average molecular weight is 327 g/mol. The van der Waals surface area contributed by atoms with Crippen LogP contribution in [0, 0.1) is 5.92 Å². The zero-order chi connectivity index (χ0) is 16.9. The molecule has 0 spiro atoms. The van der Waals surface area contributed by atoms with Gasteiger partial charge in [0.05, 0.1) is 5.52 Å². The van der Waals surface area contributed by atoms with E-state index in [2.05, 4.69) is 17.3 Å². The van der Waals surface area contributed by atoms with E-state index in [1.807, 2.05) is 22.8 Å². The number of pyridine rings is 1. The first-order valence-electron chi connectivity index (χ1n) is 8.67. The van der Waals surface area contributed by atoms with E-state index in [0.717, 1.165) is 25.0 Å². The van der Waals surface area contributed by atoms with Crippen molar-refractivity contribution in [3.8, 4) is 0 Å². The number of carbonyl (C=O) groups excluding carboxylic acids is 1. The molecule has 2 aromatic rings. The van der Waals surface area contributed by atoms with E-state index in [1.54, 1.807) is 12.3 Å². The van der Waals surface area contributed by atoms with Gasteiger partial charge in [0.1, 0.15) is 6.54 Å². The third kappa shape index (κ3) is 4.03. The lowest BCUT2D eigenvalue weighted by molar-refractivity contribution is -0.121. The number of hydrogen-bond donors (Lipinski definition) is 1. The summed E-state index contributed by atoms with van der Waals surface area (Å²) in [6.07, 6.45) is 5.23. The first-order valence-corrected chi connectivity index (χ1v) is 8.67. The second-order valence-corrected chi connectivity index (χ2v) is 6.73. The number of hydrogen-bond acceptors (Lipinski definition) is 3. The molecular weight excluding hydrogens is 302 g/mol. The topological polar surface area (TPSA) is 54.3 Å². The van der Waals surface area contributed by atoms with E-state index in [0.29, 0.717) is 11.3 Å². The van der Waals surface area contributed by atoms with Gasteiger partial charge in [0.2, 0.25) is 5.91 Å². The summed E-state index contributed by atoms with van der Waals surface area (Å²) in [7, 11) is 2.16. The monoisotopic (exact) mass is 327 g/mol. The first-order chi connectivity index (χ1) is 11.6. The molecule has 0 unspecified atom stereocenters. The number of amides is 1. The molecule has 0 bridgehead atoms. The third-order valence-corrected chi connectivity index (χ3v) is 4.80. The van der Waals surface area contributed by atoms with Crippen molar-refractivity contribution < 1.29 is 4.79 Å². The van der Waals surface area contributed by atoms with Crippen LogP contribution in [0.4, 0.5) is 0 Å². The number of piperidine rings is 1. The summed E-state index contributed by atoms with van der Waals surface area (Å²) < 4.78 is 1.83. The summed E-state index contributed by atoms with van der Waals surface area (Å²) in [5.74, 6) is 0.672. The number of benzene rings is 1. The summed E-state index contributed by atoms with van der Waals surface area (Å²) in [5, 5.41) is 3.67. The van der Waals surface area contributed by atoms with E-state index in [9.17, 15) is 9.59 Å². The molecule has 1 atom stereocenters. The molecule has 0 saturated carbocycles. The van der Waals surface area contributed by atoms with Gasteiger partial charge in [-0.1, -0.05) is 12.1 Å². The van der Waals surface area contributed by atoms with Crippen LogP contribution in [-0.4, -0.2) is 42.1 Å². The molecule has 24 heavy (non-hydrogen) atoms. The van der Waals surface area contributed by atoms with Crippen molar-refractivity contribution in [2.45, 2.75) is 25.8 Å². The zero-order valence-corrected chi connectivity index (χ0v) is 14.2. The molecule has 1 aromatic carbocycles. The number of para-hydroxylation sites is 1. The second kappa shape index (κ2) is 7.62. The third-order valence-electron chi connectivity index (χ3n) is 4.80. The van der Waals surface area contributed by atoms with Crippen LogP contribution < -0.4 is 10.7 Å². The maximum absolute atomic E-state index is 12.2. The lowest BCUT2D eigenvalue weighted by Gasteiger charge is -2.29. The fourth-order valence-electron chi connectivity index (χ4n) is 3.53. The first kappa shape index (κ1) is 16.7. The Kier molecular flexibility index (Phi) is 5.30. The normalized spacial score (nSPS) is 18.6.